The van der Waals surface area contributed by atoms with Gasteiger partial charge in [-0.1, -0.05) is 0 Å². The molecule has 0 fully saturated rings. The molecule has 6 nitrogen and oxygen atoms in total. The van der Waals surface area contributed by atoms with Crippen molar-refractivity contribution in [3.8, 4) is 11.5 Å². The number of ether oxygens (including phenoxy) is 1. The standard InChI is InChI=1S/C11H12N2O4/c1-13-9(11(14)15)5-8(12-13)10-7(6-16-2)3-4-17-10/h3-5H,6H2,1-2H3,(H,14,15). The van der Waals surface area contributed by atoms with Crippen LogP contribution in [0.5, 0.6) is 0 Å². The van der Waals surface area contributed by atoms with Crippen LogP contribution >= 0.6 is 0 Å². The van der Waals surface area contributed by atoms with E-state index in [0.29, 0.717) is 18.1 Å². The van der Waals surface area contributed by atoms with E-state index in [-0.39, 0.29) is 5.69 Å². The summed E-state index contributed by atoms with van der Waals surface area (Å²) in [4.78, 5) is 10.9. The van der Waals surface area contributed by atoms with Crippen LogP contribution in [0.4, 0.5) is 0 Å². The fourth-order valence-electron chi connectivity index (χ4n) is 1.61. The minimum atomic E-state index is -1.02. The van der Waals surface area contributed by atoms with E-state index in [2.05, 4.69) is 5.10 Å². The van der Waals surface area contributed by atoms with Crippen LogP contribution in [0.25, 0.3) is 11.5 Å². The number of aryl methyl sites for hydroxylation is 1. The molecular weight excluding hydrogens is 224 g/mol. The number of aromatic nitrogens is 2. The first-order valence-electron chi connectivity index (χ1n) is 4.96. The summed E-state index contributed by atoms with van der Waals surface area (Å²) in [7, 11) is 3.16. The van der Waals surface area contributed by atoms with Crippen LogP contribution in [-0.2, 0) is 18.4 Å². The van der Waals surface area contributed by atoms with Gasteiger partial charge in [0, 0.05) is 25.8 Å². The molecule has 2 rings (SSSR count). The van der Waals surface area contributed by atoms with Crippen molar-refractivity contribution in [3.05, 3.63) is 29.7 Å². The summed E-state index contributed by atoms with van der Waals surface area (Å²) in [5.41, 5.74) is 1.43. The monoisotopic (exact) mass is 236 g/mol. The Kier molecular flexibility index (Phi) is 2.97. The molecule has 2 heterocycles. The van der Waals surface area contributed by atoms with Gasteiger partial charge in [0.2, 0.25) is 0 Å². The number of methoxy groups -OCH3 is 1. The van der Waals surface area contributed by atoms with Crippen LogP contribution in [0, 0.1) is 0 Å². The molecule has 0 saturated carbocycles. The molecule has 2 aromatic rings. The van der Waals surface area contributed by atoms with Crippen molar-refractivity contribution in [2.24, 2.45) is 7.05 Å². The Morgan fingerprint density at radius 2 is 2.41 bits per heavy atom. The van der Waals surface area contributed by atoms with Gasteiger partial charge in [0.25, 0.3) is 0 Å². The summed E-state index contributed by atoms with van der Waals surface area (Å²) in [5.74, 6) is -0.485. The van der Waals surface area contributed by atoms with Gasteiger partial charge in [-0.25, -0.2) is 4.79 Å². The summed E-state index contributed by atoms with van der Waals surface area (Å²) in [6.07, 6.45) is 1.53. The number of carbonyl (C=O) groups is 1. The summed E-state index contributed by atoms with van der Waals surface area (Å²) < 4.78 is 11.6. The Balaban J connectivity index is 2.42. The zero-order chi connectivity index (χ0) is 12.4. The van der Waals surface area contributed by atoms with Crippen molar-refractivity contribution < 1.29 is 19.1 Å². The van der Waals surface area contributed by atoms with Crippen LogP contribution in [0.15, 0.2) is 22.8 Å². The third-order valence-electron chi connectivity index (χ3n) is 2.38. The maximum absolute atomic E-state index is 10.9. The van der Waals surface area contributed by atoms with Crippen molar-refractivity contribution in [3.63, 3.8) is 0 Å². The number of aromatic carboxylic acids is 1. The Hall–Kier alpha value is -2.08. The fourth-order valence-corrected chi connectivity index (χ4v) is 1.61. The molecule has 0 aliphatic heterocycles. The number of furan rings is 1. The SMILES string of the molecule is COCc1ccoc1-c1cc(C(=O)O)n(C)n1. The smallest absolute Gasteiger partial charge is 0.354 e. The number of carboxylic acids is 1. The first-order chi connectivity index (χ1) is 8.13. The predicted molar refractivity (Wildman–Crippen MR) is 58.6 cm³/mol. The van der Waals surface area contributed by atoms with E-state index < -0.39 is 5.97 Å². The van der Waals surface area contributed by atoms with E-state index in [0.717, 1.165) is 5.56 Å². The molecule has 0 bridgehead atoms. The van der Waals surface area contributed by atoms with Crippen molar-refractivity contribution >= 4 is 5.97 Å². The van der Waals surface area contributed by atoms with Crippen LogP contribution in [-0.4, -0.2) is 28.0 Å². The zero-order valence-corrected chi connectivity index (χ0v) is 9.51. The Labute approximate surface area is 97.4 Å². The van der Waals surface area contributed by atoms with Gasteiger partial charge in [0.05, 0.1) is 12.9 Å². The molecule has 0 radical (unpaired) electrons. The zero-order valence-electron chi connectivity index (χ0n) is 9.51. The molecule has 0 unspecified atom stereocenters. The lowest BCUT2D eigenvalue weighted by Crippen LogP contribution is -2.04. The first-order valence-corrected chi connectivity index (χ1v) is 4.96. The van der Waals surface area contributed by atoms with Crippen molar-refractivity contribution in [2.45, 2.75) is 6.61 Å². The van der Waals surface area contributed by atoms with Gasteiger partial charge in [0.1, 0.15) is 11.4 Å². The van der Waals surface area contributed by atoms with E-state index in [1.807, 2.05) is 0 Å². The maximum Gasteiger partial charge on any atom is 0.354 e. The van der Waals surface area contributed by atoms with Crippen LogP contribution in [0.1, 0.15) is 16.1 Å². The third kappa shape index (κ3) is 2.07. The van der Waals surface area contributed by atoms with Gasteiger partial charge >= 0.3 is 5.97 Å². The highest BCUT2D eigenvalue weighted by molar-refractivity contribution is 5.87. The Morgan fingerprint density at radius 3 is 3.00 bits per heavy atom. The molecular formula is C11H12N2O4. The molecule has 1 N–H and O–H groups in total. The Bertz CT molecular complexity index is 541. The number of hydrogen-bond acceptors (Lipinski definition) is 4. The van der Waals surface area contributed by atoms with Crippen LogP contribution < -0.4 is 0 Å². The van der Waals surface area contributed by atoms with E-state index in [4.69, 9.17) is 14.3 Å². The largest absolute Gasteiger partial charge is 0.477 e. The van der Waals surface area contributed by atoms with Crippen molar-refractivity contribution in [2.75, 3.05) is 7.11 Å². The van der Waals surface area contributed by atoms with Crippen LogP contribution in [0.3, 0.4) is 0 Å². The lowest BCUT2D eigenvalue weighted by Gasteiger charge is -1.97. The second kappa shape index (κ2) is 4.42. The van der Waals surface area contributed by atoms with Crippen LogP contribution in [0.2, 0.25) is 0 Å². The molecule has 0 amide bonds. The molecule has 0 aliphatic carbocycles. The van der Waals surface area contributed by atoms with Gasteiger partial charge in [-0.3, -0.25) is 4.68 Å². The molecule has 17 heavy (non-hydrogen) atoms. The summed E-state index contributed by atoms with van der Waals surface area (Å²) >= 11 is 0. The minimum absolute atomic E-state index is 0.111. The lowest BCUT2D eigenvalue weighted by molar-refractivity contribution is 0.0685. The third-order valence-corrected chi connectivity index (χ3v) is 2.38. The summed E-state index contributed by atoms with van der Waals surface area (Å²) in [6.45, 7) is 0.394. The Morgan fingerprint density at radius 1 is 1.65 bits per heavy atom. The second-order valence-corrected chi connectivity index (χ2v) is 3.55. The summed E-state index contributed by atoms with van der Waals surface area (Å²) in [6, 6.07) is 3.24. The minimum Gasteiger partial charge on any atom is -0.477 e. The normalized spacial score (nSPS) is 10.7. The van der Waals surface area contributed by atoms with Gasteiger partial charge in [-0.15, -0.1) is 0 Å². The molecule has 90 valence electrons. The van der Waals surface area contributed by atoms with Crippen molar-refractivity contribution in [1.29, 1.82) is 0 Å². The van der Waals surface area contributed by atoms with E-state index in [1.54, 1.807) is 20.2 Å². The van der Waals surface area contributed by atoms with E-state index >= 15 is 0 Å². The molecule has 0 atom stereocenters. The van der Waals surface area contributed by atoms with Gasteiger partial charge in [-0.05, 0) is 6.07 Å². The highest BCUT2D eigenvalue weighted by Gasteiger charge is 2.17. The number of nitrogens with zero attached hydrogens (tertiary/aromatic N) is 2. The quantitative estimate of drug-likeness (QED) is 0.870. The molecule has 2 aromatic heterocycles. The number of hydrogen-bond donors (Lipinski definition) is 1. The fraction of sp³-hybridized carbons (Fsp3) is 0.273. The molecule has 0 aliphatic rings. The first kappa shape index (κ1) is 11.4. The topological polar surface area (TPSA) is 77.5 Å². The predicted octanol–water partition coefficient (Wildman–Crippen LogP) is 1.52. The number of rotatable bonds is 4. The molecule has 0 aromatic carbocycles. The van der Waals surface area contributed by atoms with E-state index in [1.165, 1.54) is 17.0 Å². The van der Waals surface area contributed by atoms with E-state index in [9.17, 15) is 4.79 Å². The maximum atomic E-state index is 10.9. The average Bonchev–Trinajstić information content (AvgIpc) is 2.84. The highest BCUT2D eigenvalue weighted by atomic mass is 16.5. The number of carboxylic acid groups (broad SMARTS) is 1. The molecule has 6 heteroatoms. The van der Waals surface area contributed by atoms with Gasteiger partial charge in [0.15, 0.2) is 5.76 Å². The van der Waals surface area contributed by atoms with Gasteiger partial charge < -0.3 is 14.3 Å². The second-order valence-electron chi connectivity index (χ2n) is 3.55. The van der Waals surface area contributed by atoms with Crippen molar-refractivity contribution in [1.82, 2.24) is 9.78 Å². The van der Waals surface area contributed by atoms with Gasteiger partial charge in [-0.2, -0.15) is 5.10 Å². The molecule has 0 spiro atoms. The molecule has 0 saturated heterocycles. The summed E-state index contributed by atoms with van der Waals surface area (Å²) in [5, 5.41) is 13.0. The highest BCUT2D eigenvalue weighted by Crippen LogP contribution is 2.24. The average molecular weight is 236 g/mol. The lowest BCUT2D eigenvalue weighted by atomic mass is 10.2.